The zero-order valence-electron chi connectivity index (χ0n) is 20.3. The highest BCUT2D eigenvalue weighted by Crippen LogP contribution is 2.27. The molecule has 0 aromatic heterocycles. The van der Waals surface area contributed by atoms with Gasteiger partial charge >= 0.3 is 0 Å². The number of nitrogens with one attached hydrogen (secondary N) is 1. The van der Waals surface area contributed by atoms with E-state index < -0.39 is 0 Å². The van der Waals surface area contributed by atoms with Gasteiger partial charge in [0.1, 0.15) is 0 Å². The molecule has 0 spiro atoms. The Balaban J connectivity index is 0.000000383. The van der Waals surface area contributed by atoms with Crippen molar-refractivity contribution < 1.29 is 24.5 Å². The number of phenols is 2. The van der Waals surface area contributed by atoms with E-state index in [-0.39, 0.29) is 17.4 Å². The zero-order valence-corrected chi connectivity index (χ0v) is 20.3. The molecule has 0 saturated carbocycles. The van der Waals surface area contributed by atoms with Gasteiger partial charge in [-0.05, 0) is 67.9 Å². The summed E-state index contributed by atoms with van der Waals surface area (Å²) in [4.78, 5) is 14.0. The minimum Gasteiger partial charge on any atom is -0.504 e. The van der Waals surface area contributed by atoms with Crippen LogP contribution in [0, 0.1) is 0 Å². The molecule has 2 rings (SSSR count). The summed E-state index contributed by atoms with van der Waals surface area (Å²) in [7, 11) is 3.05. The van der Waals surface area contributed by atoms with Gasteiger partial charge in [-0.15, -0.1) is 0 Å². The number of amides is 1. The molecule has 0 unspecified atom stereocenters. The van der Waals surface area contributed by atoms with E-state index in [2.05, 4.69) is 24.1 Å². The fourth-order valence-corrected chi connectivity index (χ4v) is 3.16. The lowest BCUT2D eigenvalue weighted by Crippen LogP contribution is -2.31. The van der Waals surface area contributed by atoms with Crippen LogP contribution in [0.15, 0.2) is 36.4 Å². The molecule has 184 valence electrons. The Hall–Kier alpha value is -2.97. The van der Waals surface area contributed by atoms with Crippen LogP contribution in [-0.4, -0.2) is 68.0 Å². The Morgan fingerprint density at radius 2 is 1.45 bits per heavy atom. The molecule has 0 radical (unpaired) electrons. The second kappa shape index (κ2) is 15.8. The van der Waals surface area contributed by atoms with Crippen molar-refractivity contribution >= 4 is 5.91 Å². The van der Waals surface area contributed by atoms with Crippen LogP contribution < -0.4 is 20.5 Å². The fourth-order valence-electron chi connectivity index (χ4n) is 3.16. The number of phenolic OH excluding ortho intramolecular Hbond substituents is 2. The van der Waals surface area contributed by atoms with Gasteiger partial charge in [0.2, 0.25) is 5.91 Å². The lowest BCUT2D eigenvalue weighted by Gasteiger charge is -2.17. The maximum absolute atomic E-state index is 11.7. The highest BCUT2D eigenvalue weighted by Gasteiger charge is 2.06. The Labute approximate surface area is 197 Å². The summed E-state index contributed by atoms with van der Waals surface area (Å²) < 4.78 is 10.0. The maximum atomic E-state index is 11.7. The zero-order chi connectivity index (χ0) is 24.6. The lowest BCUT2D eigenvalue weighted by molar-refractivity contribution is -0.121. The fraction of sp³-hybridized carbons (Fsp3) is 0.480. The minimum absolute atomic E-state index is 0.0765. The third-order valence-corrected chi connectivity index (χ3v) is 5.21. The van der Waals surface area contributed by atoms with E-state index in [9.17, 15) is 15.0 Å². The Kier molecular flexibility index (Phi) is 13.4. The number of nitrogens with two attached hydrogens (primary N) is 1. The first-order valence-electron chi connectivity index (χ1n) is 11.3. The molecule has 8 nitrogen and oxygen atoms in total. The van der Waals surface area contributed by atoms with Crippen molar-refractivity contribution in [1.29, 1.82) is 0 Å². The third kappa shape index (κ3) is 10.5. The summed E-state index contributed by atoms with van der Waals surface area (Å²) in [6.45, 7) is 8.12. The molecule has 0 atom stereocenters. The number of nitrogens with zero attached hydrogens (tertiary/aromatic N) is 1. The van der Waals surface area contributed by atoms with E-state index in [1.807, 2.05) is 12.1 Å². The van der Waals surface area contributed by atoms with Crippen molar-refractivity contribution in [1.82, 2.24) is 10.2 Å². The molecule has 0 aliphatic rings. The lowest BCUT2D eigenvalue weighted by atomic mass is 10.1. The van der Waals surface area contributed by atoms with E-state index in [1.54, 1.807) is 24.3 Å². The van der Waals surface area contributed by atoms with Crippen LogP contribution in [0.4, 0.5) is 0 Å². The number of benzene rings is 2. The van der Waals surface area contributed by atoms with E-state index >= 15 is 0 Å². The molecule has 2 aromatic carbocycles. The molecular formula is C25H39N3O5. The van der Waals surface area contributed by atoms with Gasteiger partial charge in [-0.3, -0.25) is 4.79 Å². The van der Waals surface area contributed by atoms with Crippen molar-refractivity contribution in [3.8, 4) is 23.0 Å². The topological polar surface area (TPSA) is 117 Å². The van der Waals surface area contributed by atoms with Gasteiger partial charge in [0, 0.05) is 19.5 Å². The summed E-state index contributed by atoms with van der Waals surface area (Å²) in [5.74, 6) is 1.33. The number of carbonyl (C=O) groups excluding carboxylic acids is 1. The summed E-state index contributed by atoms with van der Waals surface area (Å²) in [5.41, 5.74) is 7.48. The van der Waals surface area contributed by atoms with Crippen molar-refractivity contribution in [3.05, 3.63) is 47.5 Å². The molecule has 1 amide bonds. The van der Waals surface area contributed by atoms with Crippen molar-refractivity contribution in [2.45, 2.75) is 33.1 Å². The Bertz CT molecular complexity index is 841. The first-order valence-corrected chi connectivity index (χ1v) is 11.3. The van der Waals surface area contributed by atoms with E-state index in [4.69, 9.17) is 15.2 Å². The van der Waals surface area contributed by atoms with Crippen LogP contribution in [0.5, 0.6) is 23.0 Å². The van der Waals surface area contributed by atoms with Crippen LogP contribution in [0.2, 0.25) is 0 Å². The predicted octanol–water partition coefficient (Wildman–Crippen LogP) is 2.69. The second-order valence-corrected chi connectivity index (χ2v) is 7.43. The molecule has 0 aliphatic heterocycles. The average Bonchev–Trinajstić information content (AvgIpc) is 2.82. The van der Waals surface area contributed by atoms with Gasteiger partial charge in [0.15, 0.2) is 23.0 Å². The van der Waals surface area contributed by atoms with Crippen molar-refractivity contribution in [3.63, 3.8) is 0 Å². The highest BCUT2D eigenvalue weighted by atomic mass is 16.5. The van der Waals surface area contributed by atoms with E-state index in [0.29, 0.717) is 37.4 Å². The largest absolute Gasteiger partial charge is 0.504 e. The van der Waals surface area contributed by atoms with E-state index in [1.165, 1.54) is 14.2 Å². The minimum atomic E-state index is 0.0765. The Morgan fingerprint density at radius 3 is 1.91 bits per heavy atom. The van der Waals surface area contributed by atoms with Crippen molar-refractivity contribution in [2.24, 2.45) is 5.73 Å². The first kappa shape index (κ1) is 28.1. The average molecular weight is 462 g/mol. The van der Waals surface area contributed by atoms with Crippen LogP contribution in [0.25, 0.3) is 0 Å². The number of ether oxygens (including phenoxy) is 2. The molecule has 2 aromatic rings. The number of rotatable bonds is 12. The molecule has 0 heterocycles. The van der Waals surface area contributed by atoms with Gasteiger partial charge in [-0.1, -0.05) is 26.0 Å². The maximum Gasteiger partial charge on any atom is 0.221 e. The predicted molar refractivity (Wildman–Crippen MR) is 131 cm³/mol. The standard InChI is InChI=1S/C16H26N2O3.C9H13NO2/c1-4-18(5-2)11-9-16(20)17-10-8-13-6-7-14(19)15(12-13)21-3;1-12-9-6-7(4-5-10)2-3-8(9)11/h6-7,12,19H,4-5,8-11H2,1-3H3,(H,17,20);2-3,6,11H,4-5,10H2,1H3. The summed E-state index contributed by atoms with van der Waals surface area (Å²) in [6, 6.07) is 10.5. The number of hydrogen-bond acceptors (Lipinski definition) is 7. The van der Waals surface area contributed by atoms with Crippen LogP contribution >= 0.6 is 0 Å². The van der Waals surface area contributed by atoms with Gasteiger partial charge in [0.05, 0.1) is 14.2 Å². The molecule has 0 saturated heterocycles. The van der Waals surface area contributed by atoms with Gasteiger partial charge in [-0.25, -0.2) is 0 Å². The van der Waals surface area contributed by atoms with Gasteiger partial charge in [0.25, 0.3) is 0 Å². The van der Waals surface area contributed by atoms with Gasteiger partial charge < -0.3 is 35.6 Å². The van der Waals surface area contributed by atoms with Crippen LogP contribution in [0.1, 0.15) is 31.4 Å². The number of hydrogen-bond donors (Lipinski definition) is 4. The van der Waals surface area contributed by atoms with Gasteiger partial charge in [-0.2, -0.15) is 0 Å². The first-order chi connectivity index (χ1) is 15.9. The number of aromatic hydroxyl groups is 2. The molecule has 0 bridgehead atoms. The quantitative estimate of drug-likeness (QED) is 0.384. The molecule has 5 N–H and O–H groups in total. The summed E-state index contributed by atoms with van der Waals surface area (Å²) in [5, 5.41) is 21.7. The third-order valence-electron chi connectivity index (χ3n) is 5.21. The Morgan fingerprint density at radius 1 is 0.939 bits per heavy atom. The van der Waals surface area contributed by atoms with Crippen LogP contribution in [0.3, 0.4) is 0 Å². The summed E-state index contributed by atoms with van der Waals surface area (Å²) in [6.07, 6.45) is 2.05. The number of carbonyl (C=O) groups is 1. The SMILES string of the molecule is CCN(CC)CCC(=O)NCCc1ccc(O)c(OC)c1.COc1cc(CCN)ccc1O. The van der Waals surface area contributed by atoms with E-state index in [0.717, 1.165) is 37.2 Å². The monoisotopic (exact) mass is 461 g/mol. The number of methoxy groups -OCH3 is 2. The summed E-state index contributed by atoms with van der Waals surface area (Å²) >= 11 is 0. The molecule has 33 heavy (non-hydrogen) atoms. The highest BCUT2D eigenvalue weighted by molar-refractivity contribution is 5.76. The molecular weight excluding hydrogens is 422 g/mol. The normalized spacial score (nSPS) is 10.4. The van der Waals surface area contributed by atoms with Crippen molar-refractivity contribution in [2.75, 3.05) is 46.9 Å². The molecule has 0 aliphatic carbocycles. The molecule has 8 heteroatoms. The molecule has 0 fully saturated rings. The van der Waals surface area contributed by atoms with Crippen LogP contribution in [-0.2, 0) is 17.6 Å². The second-order valence-electron chi connectivity index (χ2n) is 7.43. The smallest absolute Gasteiger partial charge is 0.221 e.